The van der Waals surface area contributed by atoms with Crippen LogP contribution in [0, 0.1) is 0 Å². The molecule has 0 nitrogen and oxygen atoms in total. The van der Waals surface area contributed by atoms with Gasteiger partial charge in [0.05, 0.1) is 0 Å². The lowest BCUT2D eigenvalue weighted by Gasteiger charge is -2.28. The Morgan fingerprint density at radius 2 is 1.78 bits per heavy atom. The Morgan fingerprint density at radius 3 is 2.39 bits per heavy atom. The standard InChI is InChI=1S/C16H25ClSi/c1-2-3-4-11-18-12-9-15(10-13-18)14-5-7-16(17)8-6-14/h5-8,15,18H,2-4,9-13H2,1H3/t15-,18-. The van der Waals surface area contributed by atoms with Gasteiger partial charge in [0.25, 0.3) is 0 Å². The Morgan fingerprint density at radius 1 is 1.11 bits per heavy atom. The van der Waals surface area contributed by atoms with E-state index in [4.69, 9.17) is 11.6 Å². The highest BCUT2D eigenvalue weighted by atomic mass is 35.5. The van der Waals surface area contributed by atoms with Gasteiger partial charge in [-0.05, 0) is 36.5 Å². The summed E-state index contributed by atoms with van der Waals surface area (Å²) < 4.78 is 0. The highest BCUT2D eigenvalue weighted by Gasteiger charge is 2.22. The number of hydrogen-bond donors (Lipinski definition) is 0. The van der Waals surface area contributed by atoms with Crippen LogP contribution < -0.4 is 0 Å². The summed E-state index contributed by atoms with van der Waals surface area (Å²) in [5.74, 6) is 0.817. The van der Waals surface area contributed by atoms with E-state index in [1.54, 1.807) is 18.1 Å². The zero-order valence-corrected chi connectivity index (χ0v) is 13.4. The van der Waals surface area contributed by atoms with Crippen LogP contribution in [0.4, 0.5) is 0 Å². The number of hydrogen-bond acceptors (Lipinski definition) is 0. The van der Waals surface area contributed by atoms with E-state index in [2.05, 4.69) is 19.1 Å². The van der Waals surface area contributed by atoms with Gasteiger partial charge in [0.1, 0.15) is 0 Å². The lowest BCUT2D eigenvalue weighted by Crippen LogP contribution is -2.20. The normalized spacial score (nSPS) is 24.1. The summed E-state index contributed by atoms with van der Waals surface area (Å²) in [5.41, 5.74) is 1.51. The van der Waals surface area contributed by atoms with Gasteiger partial charge in [0.15, 0.2) is 0 Å². The average Bonchev–Trinajstić information content (AvgIpc) is 2.41. The Labute approximate surface area is 118 Å². The Kier molecular flexibility index (Phi) is 5.77. The summed E-state index contributed by atoms with van der Waals surface area (Å²) in [6.07, 6.45) is 7.19. The molecule has 0 amide bonds. The van der Waals surface area contributed by atoms with Crippen LogP contribution in [0.1, 0.15) is 50.5 Å². The van der Waals surface area contributed by atoms with Crippen molar-refractivity contribution in [3.8, 4) is 0 Å². The van der Waals surface area contributed by atoms with Crippen LogP contribution in [0.2, 0.25) is 23.2 Å². The fourth-order valence-corrected chi connectivity index (χ4v) is 6.81. The number of unbranched alkanes of at least 4 members (excludes halogenated alkanes) is 2. The minimum atomic E-state index is -0.356. The maximum absolute atomic E-state index is 5.95. The van der Waals surface area contributed by atoms with Crippen LogP contribution in [0.25, 0.3) is 0 Å². The van der Waals surface area contributed by atoms with Crippen LogP contribution in [0.5, 0.6) is 0 Å². The van der Waals surface area contributed by atoms with Gasteiger partial charge < -0.3 is 0 Å². The van der Waals surface area contributed by atoms with Gasteiger partial charge in [-0.25, -0.2) is 0 Å². The van der Waals surface area contributed by atoms with E-state index in [1.165, 1.54) is 37.7 Å². The first kappa shape index (κ1) is 14.1. The van der Waals surface area contributed by atoms with Crippen molar-refractivity contribution < 1.29 is 0 Å². The summed E-state index contributed by atoms with van der Waals surface area (Å²) in [5, 5.41) is 0.862. The molecule has 2 rings (SSSR count). The molecule has 1 saturated heterocycles. The maximum atomic E-state index is 5.95. The minimum absolute atomic E-state index is 0.356. The van der Waals surface area contributed by atoms with Crippen molar-refractivity contribution in [2.24, 2.45) is 0 Å². The van der Waals surface area contributed by atoms with Gasteiger partial charge in [-0.15, -0.1) is 0 Å². The Hall–Kier alpha value is -0.273. The molecular weight excluding hydrogens is 256 g/mol. The van der Waals surface area contributed by atoms with E-state index in [-0.39, 0.29) is 8.80 Å². The molecule has 0 unspecified atom stereocenters. The molecule has 0 atom stereocenters. The first-order valence-corrected chi connectivity index (χ1v) is 10.4. The first-order chi connectivity index (χ1) is 8.79. The average molecular weight is 281 g/mol. The van der Waals surface area contributed by atoms with E-state index in [0.29, 0.717) is 0 Å². The molecule has 1 fully saturated rings. The van der Waals surface area contributed by atoms with E-state index in [0.717, 1.165) is 10.9 Å². The molecule has 0 radical (unpaired) electrons. The maximum Gasteiger partial charge on any atom is 0.0406 e. The second kappa shape index (κ2) is 7.35. The number of benzene rings is 1. The van der Waals surface area contributed by atoms with Crippen molar-refractivity contribution in [3.05, 3.63) is 34.9 Å². The molecule has 1 aromatic rings. The lowest BCUT2D eigenvalue weighted by molar-refractivity contribution is 0.603. The molecular formula is C16H25ClSi. The zero-order chi connectivity index (χ0) is 12.8. The van der Waals surface area contributed by atoms with Gasteiger partial charge in [0.2, 0.25) is 0 Å². The second-order valence-electron chi connectivity index (χ2n) is 5.76. The molecule has 1 heterocycles. The summed E-state index contributed by atoms with van der Waals surface area (Å²) in [6.45, 7) is 2.30. The summed E-state index contributed by atoms with van der Waals surface area (Å²) in [6, 6.07) is 13.3. The monoisotopic (exact) mass is 280 g/mol. The van der Waals surface area contributed by atoms with Crippen molar-refractivity contribution in [3.63, 3.8) is 0 Å². The molecule has 0 saturated carbocycles. The molecule has 1 aliphatic heterocycles. The van der Waals surface area contributed by atoms with Crippen LogP contribution in [0.15, 0.2) is 24.3 Å². The van der Waals surface area contributed by atoms with E-state index in [9.17, 15) is 0 Å². The van der Waals surface area contributed by atoms with Gasteiger partial charge >= 0.3 is 0 Å². The summed E-state index contributed by atoms with van der Waals surface area (Å²) >= 11 is 5.95. The quantitative estimate of drug-likeness (QED) is 0.484. The fourth-order valence-electron chi connectivity index (χ4n) is 3.20. The topological polar surface area (TPSA) is 0 Å². The van der Waals surface area contributed by atoms with Gasteiger partial charge in [-0.2, -0.15) is 0 Å². The highest BCUT2D eigenvalue weighted by molar-refractivity contribution is 6.59. The van der Waals surface area contributed by atoms with Crippen molar-refractivity contribution in [1.29, 1.82) is 0 Å². The van der Waals surface area contributed by atoms with Gasteiger partial charge in [-0.3, -0.25) is 0 Å². The van der Waals surface area contributed by atoms with Crippen molar-refractivity contribution in [1.82, 2.24) is 0 Å². The van der Waals surface area contributed by atoms with Crippen LogP contribution >= 0.6 is 11.6 Å². The van der Waals surface area contributed by atoms with Crippen molar-refractivity contribution in [2.75, 3.05) is 0 Å². The molecule has 0 aliphatic carbocycles. The number of rotatable bonds is 5. The summed E-state index contributed by atoms with van der Waals surface area (Å²) in [4.78, 5) is 0. The third-order valence-corrected chi connectivity index (χ3v) is 8.18. The first-order valence-electron chi connectivity index (χ1n) is 7.55. The summed E-state index contributed by atoms with van der Waals surface area (Å²) in [7, 11) is -0.356. The second-order valence-corrected chi connectivity index (χ2v) is 9.67. The number of halogens is 1. The Bertz CT molecular complexity index is 339. The lowest BCUT2D eigenvalue weighted by atomic mass is 9.94. The SMILES string of the molecule is CCCCC[Si@H]1CC[C@H](c2ccc(Cl)cc2)CC1. The molecule has 0 spiro atoms. The molecule has 1 aliphatic rings. The molecule has 18 heavy (non-hydrogen) atoms. The van der Waals surface area contributed by atoms with Crippen molar-refractivity contribution in [2.45, 2.75) is 63.1 Å². The predicted octanol–water partition coefficient (Wildman–Crippen LogP) is 5.63. The Balaban J connectivity index is 1.77. The molecule has 0 bridgehead atoms. The molecule has 2 heteroatoms. The molecule has 100 valence electrons. The van der Waals surface area contributed by atoms with Crippen LogP contribution in [-0.4, -0.2) is 8.80 Å². The minimum Gasteiger partial charge on any atom is -0.0843 e. The zero-order valence-electron chi connectivity index (χ0n) is 11.5. The van der Waals surface area contributed by atoms with E-state index >= 15 is 0 Å². The van der Waals surface area contributed by atoms with E-state index in [1.807, 2.05) is 12.1 Å². The van der Waals surface area contributed by atoms with Crippen LogP contribution in [0.3, 0.4) is 0 Å². The molecule has 1 aromatic carbocycles. The predicted molar refractivity (Wildman–Crippen MR) is 84.5 cm³/mol. The smallest absolute Gasteiger partial charge is 0.0406 e. The third kappa shape index (κ3) is 4.13. The van der Waals surface area contributed by atoms with Crippen molar-refractivity contribution >= 4 is 20.4 Å². The highest BCUT2D eigenvalue weighted by Crippen LogP contribution is 2.35. The largest absolute Gasteiger partial charge is 0.0843 e. The molecule has 0 N–H and O–H groups in total. The van der Waals surface area contributed by atoms with Gasteiger partial charge in [0, 0.05) is 13.8 Å². The molecule has 0 aromatic heterocycles. The van der Waals surface area contributed by atoms with Crippen LogP contribution in [-0.2, 0) is 0 Å². The van der Waals surface area contributed by atoms with E-state index < -0.39 is 0 Å². The van der Waals surface area contributed by atoms with Gasteiger partial charge in [-0.1, -0.05) is 68.1 Å². The fraction of sp³-hybridized carbons (Fsp3) is 0.625. The third-order valence-electron chi connectivity index (χ3n) is 4.40.